The third-order valence-electron chi connectivity index (χ3n) is 5.07. The van der Waals surface area contributed by atoms with Crippen LogP contribution in [0.2, 0.25) is 0 Å². The number of hydrogen-bond donors (Lipinski definition) is 0. The Morgan fingerprint density at radius 2 is 2.00 bits per heavy atom. The lowest BCUT2D eigenvalue weighted by atomic mass is 10.0. The first kappa shape index (κ1) is 16.4. The zero-order valence-electron chi connectivity index (χ0n) is 13.5. The van der Waals surface area contributed by atoms with Crippen molar-refractivity contribution in [2.75, 3.05) is 26.2 Å². The van der Waals surface area contributed by atoms with Crippen LogP contribution >= 0.6 is 0 Å². The highest BCUT2D eigenvalue weighted by molar-refractivity contribution is 7.89. The fourth-order valence-corrected chi connectivity index (χ4v) is 5.55. The van der Waals surface area contributed by atoms with Crippen LogP contribution in [0.15, 0.2) is 24.3 Å². The summed E-state index contributed by atoms with van der Waals surface area (Å²) in [5, 5.41) is 8.74. The van der Waals surface area contributed by atoms with Gasteiger partial charge in [0.15, 0.2) is 0 Å². The number of rotatable bonds is 4. The second kappa shape index (κ2) is 6.60. The quantitative estimate of drug-likeness (QED) is 0.846. The smallest absolute Gasteiger partial charge is 0.218 e. The number of hydrogen-bond acceptors (Lipinski definition) is 4. The molecule has 0 spiro atoms. The largest absolute Gasteiger partial charge is 0.295 e. The Morgan fingerprint density at radius 1 is 1.26 bits per heavy atom. The molecule has 2 fully saturated rings. The average Bonchev–Trinajstić information content (AvgIpc) is 3.26. The third kappa shape index (κ3) is 3.27. The summed E-state index contributed by atoms with van der Waals surface area (Å²) in [6, 6.07) is 9.87. The highest BCUT2D eigenvalue weighted by Crippen LogP contribution is 2.30. The SMILES string of the molecule is C[C@@H](c1cccc(C#N)c1)N1CC[C@H](S(=O)(=O)N2CCCC2)C1. The summed E-state index contributed by atoms with van der Waals surface area (Å²) >= 11 is 0. The molecule has 0 aliphatic carbocycles. The minimum Gasteiger partial charge on any atom is -0.295 e. The highest BCUT2D eigenvalue weighted by Gasteiger charge is 2.39. The number of nitriles is 1. The fourth-order valence-electron chi connectivity index (χ4n) is 3.58. The van der Waals surface area contributed by atoms with Gasteiger partial charge in [-0.05, 0) is 43.9 Å². The zero-order chi connectivity index (χ0) is 16.4. The van der Waals surface area contributed by atoms with Gasteiger partial charge in [-0.15, -0.1) is 0 Å². The molecule has 0 saturated carbocycles. The Bertz CT molecular complexity index is 705. The van der Waals surface area contributed by atoms with E-state index in [1.54, 1.807) is 10.4 Å². The molecule has 6 heteroatoms. The van der Waals surface area contributed by atoms with Gasteiger partial charge in [-0.25, -0.2) is 12.7 Å². The number of likely N-dealkylation sites (tertiary alicyclic amines) is 1. The second-order valence-electron chi connectivity index (χ2n) is 6.47. The molecule has 124 valence electrons. The van der Waals surface area contributed by atoms with E-state index in [0.717, 1.165) is 24.9 Å². The maximum absolute atomic E-state index is 12.7. The molecule has 2 aliphatic rings. The Labute approximate surface area is 138 Å². The van der Waals surface area contributed by atoms with Crippen molar-refractivity contribution >= 4 is 10.0 Å². The van der Waals surface area contributed by atoms with Crippen LogP contribution in [0, 0.1) is 11.3 Å². The van der Waals surface area contributed by atoms with E-state index in [1.807, 2.05) is 18.2 Å². The normalized spacial score (nSPS) is 24.6. The molecule has 2 heterocycles. The minimum atomic E-state index is -3.16. The monoisotopic (exact) mass is 333 g/mol. The summed E-state index contributed by atoms with van der Waals surface area (Å²) in [6.45, 7) is 4.81. The van der Waals surface area contributed by atoms with Crippen molar-refractivity contribution in [3.63, 3.8) is 0 Å². The molecule has 1 aromatic carbocycles. The standard InChI is InChI=1S/C17H23N3O2S/c1-14(16-6-4-5-15(11-16)12-18)19-10-7-17(13-19)23(21,22)20-8-2-3-9-20/h4-6,11,14,17H,2-3,7-10,13H2,1H3/t14-,17-/m0/s1. The first-order valence-electron chi connectivity index (χ1n) is 8.25. The number of sulfonamides is 1. The summed E-state index contributed by atoms with van der Waals surface area (Å²) in [6.07, 6.45) is 2.65. The molecule has 23 heavy (non-hydrogen) atoms. The Kier molecular flexibility index (Phi) is 4.72. The van der Waals surface area contributed by atoms with Crippen molar-refractivity contribution < 1.29 is 8.42 Å². The van der Waals surface area contributed by atoms with Crippen molar-refractivity contribution in [1.29, 1.82) is 5.26 Å². The van der Waals surface area contributed by atoms with Crippen molar-refractivity contribution in [2.45, 2.75) is 37.5 Å². The van der Waals surface area contributed by atoms with Crippen LogP contribution in [-0.2, 0) is 10.0 Å². The molecule has 3 rings (SSSR count). The number of nitrogens with zero attached hydrogens (tertiary/aromatic N) is 3. The van der Waals surface area contributed by atoms with Crippen LogP contribution in [0.3, 0.4) is 0 Å². The third-order valence-corrected chi connectivity index (χ3v) is 7.38. The van der Waals surface area contributed by atoms with E-state index in [0.29, 0.717) is 31.6 Å². The summed E-state index contributed by atoms with van der Waals surface area (Å²) in [5.41, 5.74) is 1.72. The van der Waals surface area contributed by atoms with Gasteiger partial charge in [-0.1, -0.05) is 12.1 Å². The average molecular weight is 333 g/mol. The second-order valence-corrected chi connectivity index (χ2v) is 8.68. The van der Waals surface area contributed by atoms with E-state index in [-0.39, 0.29) is 11.3 Å². The molecule has 2 aliphatic heterocycles. The highest BCUT2D eigenvalue weighted by atomic mass is 32.2. The molecule has 2 atom stereocenters. The lowest BCUT2D eigenvalue weighted by Gasteiger charge is -2.26. The molecule has 0 radical (unpaired) electrons. The first-order valence-corrected chi connectivity index (χ1v) is 9.76. The van der Waals surface area contributed by atoms with Crippen LogP contribution in [0.25, 0.3) is 0 Å². The molecule has 1 aromatic rings. The Balaban J connectivity index is 1.70. The van der Waals surface area contributed by atoms with Crippen LogP contribution in [0.4, 0.5) is 0 Å². The van der Waals surface area contributed by atoms with Crippen LogP contribution in [0.1, 0.15) is 43.4 Å². The molecular weight excluding hydrogens is 310 g/mol. The number of benzene rings is 1. The Hall–Kier alpha value is -1.42. The van der Waals surface area contributed by atoms with Crippen molar-refractivity contribution in [1.82, 2.24) is 9.21 Å². The summed E-state index contributed by atoms with van der Waals surface area (Å²) in [5.74, 6) is 0. The maximum Gasteiger partial charge on any atom is 0.218 e. The van der Waals surface area contributed by atoms with Gasteiger partial charge in [0.1, 0.15) is 0 Å². The van der Waals surface area contributed by atoms with Crippen LogP contribution in [-0.4, -0.2) is 49.1 Å². The van der Waals surface area contributed by atoms with Gasteiger partial charge < -0.3 is 0 Å². The van der Waals surface area contributed by atoms with Gasteiger partial charge in [-0.2, -0.15) is 5.26 Å². The molecular formula is C17H23N3O2S. The summed E-state index contributed by atoms with van der Waals surface area (Å²) in [7, 11) is -3.16. The van der Waals surface area contributed by atoms with E-state index in [1.165, 1.54) is 0 Å². The van der Waals surface area contributed by atoms with Gasteiger partial charge in [0.05, 0.1) is 16.9 Å². The lowest BCUT2D eigenvalue weighted by Crippen LogP contribution is -2.38. The van der Waals surface area contributed by atoms with Crippen molar-refractivity contribution in [3.8, 4) is 6.07 Å². The maximum atomic E-state index is 12.7. The summed E-state index contributed by atoms with van der Waals surface area (Å²) < 4.78 is 27.1. The summed E-state index contributed by atoms with van der Waals surface area (Å²) in [4.78, 5) is 2.22. The van der Waals surface area contributed by atoms with Gasteiger partial charge in [-0.3, -0.25) is 4.90 Å². The zero-order valence-corrected chi connectivity index (χ0v) is 14.3. The minimum absolute atomic E-state index is 0.127. The van der Waals surface area contributed by atoms with E-state index >= 15 is 0 Å². The molecule has 0 N–H and O–H groups in total. The molecule has 2 saturated heterocycles. The van der Waals surface area contributed by atoms with Gasteiger partial charge >= 0.3 is 0 Å². The van der Waals surface area contributed by atoms with Crippen LogP contribution in [0.5, 0.6) is 0 Å². The Morgan fingerprint density at radius 3 is 2.70 bits per heavy atom. The van der Waals surface area contributed by atoms with Gasteiger partial charge in [0.25, 0.3) is 0 Å². The van der Waals surface area contributed by atoms with Crippen LogP contribution < -0.4 is 0 Å². The van der Waals surface area contributed by atoms with Crippen molar-refractivity contribution in [3.05, 3.63) is 35.4 Å². The predicted octanol–water partition coefficient (Wildman–Crippen LogP) is 2.12. The fraction of sp³-hybridized carbons (Fsp3) is 0.588. The molecule has 0 bridgehead atoms. The predicted molar refractivity (Wildman–Crippen MR) is 89.3 cm³/mol. The van der Waals surface area contributed by atoms with E-state index in [4.69, 9.17) is 5.26 Å². The molecule has 0 amide bonds. The van der Waals surface area contributed by atoms with E-state index in [9.17, 15) is 8.42 Å². The van der Waals surface area contributed by atoms with E-state index in [2.05, 4.69) is 17.9 Å². The molecule has 0 unspecified atom stereocenters. The van der Waals surface area contributed by atoms with Gasteiger partial charge in [0.2, 0.25) is 10.0 Å². The lowest BCUT2D eigenvalue weighted by molar-refractivity contribution is 0.263. The first-order chi connectivity index (χ1) is 11.0. The molecule has 0 aromatic heterocycles. The van der Waals surface area contributed by atoms with Gasteiger partial charge in [0, 0.05) is 32.2 Å². The van der Waals surface area contributed by atoms with E-state index < -0.39 is 10.0 Å². The molecule has 5 nitrogen and oxygen atoms in total. The topological polar surface area (TPSA) is 64.4 Å². The van der Waals surface area contributed by atoms with Crippen molar-refractivity contribution in [2.24, 2.45) is 0 Å².